The largest absolute Gasteiger partial charge is 0.480 e. The second-order valence-corrected chi connectivity index (χ2v) is 4.44. The molecule has 2 atom stereocenters. The maximum atomic E-state index is 12.9. The van der Waals surface area contributed by atoms with Gasteiger partial charge in [-0.25, -0.2) is 13.6 Å². The summed E-state index contributed by atoms with van der Waals surface area (Å²) >= 11 is 0. The fraction of sp³-hybridized carbons (Fsp3) is 0.636. The zero-order chi connectivity index (χ0) is 13.3. The fourth-order valence-electron chi connectivity index (χ4n) is 1.51. The van der Waals surface area contributed by atoms with Crippen LogP contribution in [0.25, 0.3) is 0 Å². The van der Waals surface area contributed by atoms with E-state index in [0.29, 0.717) is 6.42 Å². The number of alkyl halides is 2. The Labute approximate surface area is 97.7 Å². The number of aliphatic carboxylic acids is 1. The first-order valence-electron chi connectivity index (χ1n) is 5.27. The van der Waals surface area contributed by atoms with Gasteiger partial charge in [0.2, 0.25) is 5.91 Å². The molecule has 0 radical (unpaired) electrons. The lowest BCUT2D eigenvalue weighted by molar-refractivity contribution is -0.143. The topological polar surface area (TPSA) is 66.4 Å². The summed E-state index contributed by atoms with van der Waals surface area (Å²) in [7, 11) is 0. The van der Waals surface area contributed by atoms with Gasteiger partial charge < -0.3 is 10.4 Å². The van der Waals surface area contributed by atoms with Crippen molar-refractivity contribution in [3.05, 3.63) is 12.7 Å². The van der Waals surface area contributed by atoms with Gasteiger partial charge in [-0.3, -0.25) is 4.79 Å². The van der Waals surface area contributed by atoms with E-state index >= 15 is 0 Å². The van der Waals surface area contributed by atoms with Gasteiger partial charge in [0.05, 0.1) is 0 Å². The summed E-state index contributed by atoms with van der Waals surface area (Å²) < 4.78 is 25.8. The van der Waals surface area contributed by atoms with Crippen molar-refractivity contribution in [2.24, 2.45) is 5.41 Å². The minimum atomic E-state index is -3.03. The third-order valence-electron chi connectivity index (χ3n) is 3.02. The van der Waals surface area contributed by atoms with E-state index in [9.17, 15) is 18.4 Å². The summed E-state index contributed by atoms with van der Waals surface area (Å²) in [5.41, 5.74) is -1.76. The van der Waals surface area contributed by atoms with Crippen LogP contribution in [0.1, 0.15) is 26.2 Å². The van der Waals surface area contributed by atoms with Crippen LogP contribution in [-0.4, -0.2) is 28.9 Å². The maximum absolute atomic E-state index is 12.9. The highest BCUT2D eigenvalue weighted by molar-refractivity contribution is 5.90. The maximum Gasteiger partial charge on any atom is 0.326 e. The highest BCUT2D eigenvalue weighted by atomic mass is 19.3. The molecular weight excluding hydrogens is 232 g/mol. The van der Waals surface area contributed by atoms with Crippen molar-refractivity contribution >= 4 is 11.9 Å². The smallest absolute Gasteiger partial charge is 0.326 e. The number of hydrogen-bond donors (Lipinski definition) is 2. The van der Waals surface area contributed by atoms with Crippen molar-refractivity contribution in [1.29, 1.82) is 0 Å². The predicted molar refractivity (Wildman–Crippen MR) is 56.7 cm³/mol. The Morgan fingerprint density at radius 1 is 1.59 bits per heavy atom. The Morgan fingerprint density at radius 3 is 2.47 bits per heavy atom. The number of halogens is 2. The van der Waals surface area contributed by atoms with Gasteiger partial charge in [0, 0.05) is 6.42 Å². The summed E-state index contributed by atoms with van der Waals surface area (Å²) in [4.78, 5) is 22.4. The monoisotopic (exact) mass is 247 g/mol. The molecule has 1 rings (SSSR count). The van der Waals surface area contributed by atoms with Crippen LogP contribution in [0.15, 0.2) is 12.7 Å². The molecule has 4 nitrogen and oxygen atoms in total. The van der Waals surface area contributed by atoms with Crippen molar-refractivity contribution in [3.8, 4) is 0 Å². The van der Waals surface area contributed by atoms with Gasteiger partial charge in [-0.2, -0.15) is 0 Å². The number of rotatable bonds is 6. The molecule has 96 valence electrons. The Hall–Kier alpha value is -1.46. The number of carboxylic acids is 1. The third-order valence-corrected chi connectivity index (χ3v) is 3.02. The predicted octanol–water partition coefficient (Wildman–Crippen LogP) is 1.57. The van der Waals surface area contributed by atoms with E-state index in [2.05, 4.69) is 11.9 Å². The minimum absolute atomic E-state index is 0.145. The van der Waals surface area contributed by atoms with Crippen LogP contribution in [0.4, 0.5) is 8.78 Å². The molecule has 0 aromatic heterocycles. The zero-order valence-electron chi connectivity index (χ0n) is 9.50. The standard InChI is InChI=1S/C11H15F2NO3/c1-3-4-5-7(8(15)16)14-9(17)10(2)6-11(10,12)13/h3,7H,1,4-6H2,2H3,(H,14,17)(H,15,16). The second kappa shape index (κ2) is 4.43. The van der Waals surface area contributed by atoms with Gasteiger partial charge in [0.1, 0.15) is 11.5 Å². The van der Waals surface area contributed by atoms with E-state index in [0.717, 1.165) is 6.92 Å². The SMILES string of the molecule is C=CCCC(NC(=O)C1(C)CC1(F)F)C(=O)O. The normalized spacial score (nSPS) is 27.0. The van der Waals surface area contributed by atoms with Gasteiger partial charge in [-0.05, 0) is 19.8 Å². The van der Waals surface area contributed by atoms with Crippen LogP contribution in [0.3, 0.4) is 0 Å². The van der Waals surface area contributed by atoms with E-state index in [-0.39, 0.29) is 6.42 Å². The van der Waals surface area contributed by atoms with Crippen molar-refractivity contribution in [2.45, 2.75) is 38.2 Å². The molecule has 0 aromatic rings. The molecule has 0 saturated heterocycles. The first-order valence-corrected chi connectivity index (χ1v) is 5.27. The quantitative estimate of drug-likeness (QED) is 0.700. The number of carbonyl (C=O) groups excluding carboxylic acids is 1. The van der Waals surface area contributed by atoms with Crippen molar-refractivity contribution in [2.75, 3.05) is 0 Å². The molecule has 2 N–H and O–H groups in total. The average molecular weight is 247 g/mol. The van der Waals surface area contributed by atoms with Crippen LogP contribution in [0, 0.1) is 5.41 Å². The lowest BCUT2D eigenvalue weighted by atomic mass is 10.1. The van der Waals surface area contributed by atoms with Crippen LogP contribution >= 0.6 is 0 Å². The number of allylic oxidation sites excluding steroid dienone is 1. The number of nitrogens with one attached hydrogen (secondary N) is 1. The van der Waals surface area contributed by atoms with Gasteiger partial charge in [0.25, 0.3) is 5.92 Å². The molecule has 1 amide bonds. The van der Waals surface area contributed by atoms with E-state index in [1.807, 2.05) is 0 Å². The molecule has 6 heteroatoms. The van der Waals surface area contributed by atoms with E-state index < -0.39 is 35.7 Å². The average Bonchev–Trinajstić information content (AvgIpc) is 2.73. The van der Waals surface area contributed by atoms with Crippen molar-refractivity contribution in [1.82, 2.24) is 5.32 Å². The van der Waals surface area contributed by atoms with Crippen LogP contribution in [0.5, 0.6) is 0 Å². The molecule has 0 heterocycles. The number of hydrogen-bond acceptors (Lipinski definition) is 2. The Morgan fingerprint density at radius 2 is 2.12 bits per heavy atom. The summed E-state index contributed by atoms with van der Waals surface area (Å²) in [6.45, 7) is 4.56. The number of amides is 1. The van der Waals surface area contributed by atoms with Gasteiger partial charge >= 0.3 is 5.97 Å². The Balaban J connectivity index is 2.60. The fourth-order valence-corrected chi connectivity index (χ4v) is 1.51. The molecule has 0 spiro atoms. The first kappa shape index (κ1) is 13.6. The van der Waals surface area contributed by atoms with E-state index in [1.165, 1.54) is 6.08 Å². The van der Waals surface area contributed by atoms with Crippen LogP contribution < -0.4 is 5.32 Å². The van der Waals surface area contributed by atoms with Crippen molar-refractivity contribution < 1.29 is 23.5 Å². The summed E-state index contributed by atoms with van der Waals surface area (Å²) in [6, 6.07) is -1.14. The molecule has 1 saturated carbocycles. The van der Waals surface area contributed by atoms with Crippen LogP contribution in [-0.2, 0) is 9.59 Å². The molecule has 1 fully saturated rings. The Kier molecular flexibility index (Phi) is 3.54. The summed E-state index contributed by atoms with van der Waals surface area (Å²) in [5, 5.41) is 11.0. The molecular formula is C11H15F2NO3. The molecule has 17 heavy (non-hydrogen) atoms. The third kappa shape index (κ3) is 2.62. The van der Waals surface area contributed by atoms with Crippen molar-refractivity contribution in [3.63, 3.8) is 0 Å². The number of carbonyl (C=O) groups is 2. The first-order chi connectivity index (χ1) is 7.74. The molecule has 0 aromatic carbocycles. The van der Waals surface area contributed by atoms with Crippen LogP contribution in [0.2, 0.25) is 0 Å². The molecule has 1 aliphatic rings. The number of carboxylic acid groups (broad SMARTS) is 1. The van der Waals surface area contributed by atoms with E-state index in [4.69, 9.17) is 5.11 Å². The van der Waals surface area contributed by atoms with Gasteiger partial charge in [-0.15, -0.1) is 6.58 Å². The lowest BCUT2D eigenvalue weighted by Gasteiger charge is -2.17. The van der Waals surface area contributed by atoms with Gasteiger partial charge in [0.15, 0.2) is 0 Å². The van der Waals surface area contributed by atoms with Gasteiger partial charge in [-0.1, -0.05) is 6.08 Å². The lowest BCUT2D eigenvalue weighted by Crippen LogP contribution is -2.45. The summed E-state index contributed by atoms with van der Waals surface area (Å²) in [5.74, 6) is -5.16. The Bertz CT molecular complexity index is 357. The van der Waals surface area contributed by atoms with E-state index in [1.54, 1.807) is 0 Å². The molecule has 0 aliphatic heterocycles. The molecule has 1 aliphatic carbocycles. The minimum Gasteiger partial charge on any atom is -0.480 e. The zero-order valence-corrected chi connectivity index (χ0v) is 9.50. The molecule has 2 unspecified atom stereocenters. The molecule has 0 bridgehead atoms. The summed E-state index contributed by atoms with van der Waals surface area (Å²) in [6.07, 6.45) is 1.52. The highest BCUT2D eigenvalue weighted by Crippen LogP contribution is 2.60. The highest BCUT2D eigenvalue weighted by Gasteiger charge is 2.72. The second-order valence-electron chi connectivity index (χ2n) is 4.44.